The molecule has 1 fully saturated rings. The molecule has 3 aromatic rings. The first-order valence-electron chi connectivity index (χ1n) is 9.30. The number of anilines is 1. The predicted molar refractivity (Wildman–Crippen MR) is 108 cm³/mol. The minimum atomic E-state index is -0.554. The lowest BCUT2D eigenvalue weighted by atomic mass is 9.77. The number of fused-ring (bicyclic) bond motifs is 1. The minimum Gasteiger partial charge on any atom is -0.390 e. The van der Waals surface area contributed by atoms with Crippen LogP contribution in [0.1, 0.15) is 50.7 Å². The molecule has 0 unspecified atom stereocenters. The molecule has 0 aromatic carbocycles. The zero-order valence-electron chi connectivity index (χ0n) is 15.9. The van der Waals surface area contributed by atoms with Gasteiger partial charge in [-0.3, -0.25) is 4.98 Å². The molecular formula is C22H24N4O. The zero-order chi connectivity index (χ0) is 19.2. The molecule has 1 aliphatic rings. The van der Waals surface area contributed by atoms with Crippen LogP contribution in [0.15, 0.2) is 36.7 Å². The van der Waals surface area contributed by atoms with Gasteiger partial charge >= 0.3 is 0 Å². The van der Waals surface area contributed by atoms with Crippen molar-refractivity contribution in [2.45, 2.75) is 51.2 Å². The van der Waals surface area contributed by atoms with Crippen molar-refractivity contribution in [3.63, 3.8) is 0 Å². The second kappa shape index (κ2) is 6.40. The van der Waals surface area contributed by atoms with Crippen molar-refractivity contribution in [1.82, 2.24) is 14.6 Å². The number of aliphatic hydroxyl groups is 1. The van der Waals surface area contributed by atoms with Gasteiger partial charge in [0, 0.05) is 23.5 Å². The van der Waals surface area contributed by atoms with Gasteiger partial charge in [-0.25, -0.2) is 4.52 Å². The fourth-order valence-electron chi connectivity index (χ4n) is 3.79. The van der Waals surface area contributed by atoms with E-state index < -0.39 is 5.60 Å². The molecule has 4 rings (SSSR count). The smallest absolute Gasteiger partial charge is 0.0910 e. The Balaban J connectivity index is 1.71. The average Bonchev–Trinajstić information content (AvgIpc) is 3.02. The van der Waals surface area contributed by atoms with E-state index in [0.717, 1.165) is 41.0 Å². The number of hydrogen-bond donors (Lipinski definition) is 2. The van der Waals surface area contributed by atoms with Crippen molar-refractivity contribution in [3.05, 3.63) is 47.8 Å². The highest BCUT2D eigenvalue weighted by Gasteiger charge is 2.38. The van der Waals surface area contributed by atoms with Crippen LogP contribution in [0.2, 0.25) is 0 Å². The molecule has 0 saturated heterocycles. The van der Waals surface area contributed by atoms with Crippen molar-refractivity contribution >= 4 is 11.2 Å². The van der Waals surface area contributed by atoms with Gasteiger partial charge in [0.25, 0.3) is 0 Å². The summed E-state index contributed by atoms with van der Waals surface area (Å²) in [6.07, 6.45) is 10.6. The number of nitrogens with zero attached hydrogens (tertiary/aromatic N) is 3. The second-order valence-electron chi connectivity index (χ2n) is 8.00. The van der Waals surface area contributed by atoms with Crippen LogP contribution >= 0.6 is 0 Å². The van der Waals surface area contributed by atoms with Crippen LogP contribution in [0.25, 0.3) is 16.9 Å². The minimum absolute atomic E-state index is 0.285. The fraction of sp³-hybridized carbons (Fsp3) is 0.364. The van der Waals surface area contributed by atoms with Gasteiger partial charge in [0.15, 0.2) is 0 Å². The van der Waals surface area contributed by atoms with Crippen LogP contribution in [0, 0.1) is 12.3 Å². The molecule has 3 heterocycles. The van der Waals surface area contributed by atoms with Gasteiger partial charge in [0.05, 0.1) is 28.7 Å². The van der Waals surface area contributed by atoms with E-state index in [2.05, 4.69) is 41.2 Å². The molecule has 138 valence electrons. The van der Waals surface area contributed by atoms with Crippen LogP contribution in [-0.2, 0) is 0 Å². The molecule has 0 spiro atoms. The van der Waals surface area contributed by atoms with Gasteiger partial charge in [-0.2, -0.15) is 5.10 Å². The Morgan fingerprint density at radius 1 is 1.30 bits per heavy atom. The highest BCUT2D eigenvalue weighted by atomic mass is 16.3. The third-order valence-corrected chi connectivity index (χ3v) is 5.22. The topological polar surface area (TPSA) is 62.5 Å². The highest BCUT2D eigenvalue weighted by Crippen LogP contribution is 2.36. The SMILES string of the molecule is C#Cc1cnn2c(-c3cc(N[C@H]4C[C@@](C)(O)C4)c(C(C)C)cn3)ccc2c1. The third kappa shape index (κ3) is 3.29. The van der Waals surface area contributed by atoms with Crippen LogP contribution in [0.4, 0.5) is 5.69 Å². The molecule has 3 aromatic heterocycles. The van der Waals surface area contributed by atoms with Gasteiger partial charge in [0.1, 0.15) is 0 Å². The maximum atomic E-state index is 10.0. The lowest BCUT2D eigenvalue weighted by Crippen LogP contribution is -2.48. The largest absolute Gasteiger partial charge is 0.390 e. The molecule has 1 aliphatic carbocycles. The molecule has 0 amide bonds. The number of rotatable bonds is 4. The number of terminal acetylenes is 1. The lowest BCUT2D eigenvalue weighted by molar-refractivity contribution is -0.0234. The standard InChI is InChI=1S/C22H24N4O/c1-5-15-8-17-6-7-21(26(17)24-12-15)20-9-19(18(13-23-20)14(2)3)25-16-10-22(4,27)11-16/h1,6-9,12-14,16,27H,10-11H2,2-4H3,(H,23,25)/t16-,22+. The first-order chi connectivity index (χ1) is 12.9. The summed E-state index contributed by atoms with van der Waals surface area (Å²) >= 11 is 0. The molecule has 27 heavy (non-hydrogen) atoms. The van der Waals surface area contributed by atoms with E-state index >= 15 is 0 Å². The Labute approximate surface area is 159 Å². The first kappa shape index (κ1) is 17.6. The number of pyridine rings is 1. The van der Waals surface area contributed by atoms with Crippen LogP contribution in [-0.4, -0.2) is 31.3 Å². The molecule has 5 nitrogen and oxygen atoms in total. The average molecular weight is 360 g/mol. The van der Waals surface area contributed by atoms with Crippen LogP contribution < -0.4 is 5.32 Å². The normalized spacial score (nSPS) is 21.9. The second-order valence-corrected chi connectivity index (χ2v) is 8.00. The van der Waals surface area contributed by atoms with Gasteiger partial charge in [-0.1, -0.05) is 19.8 Å². The molecular weight excluding hydrogens is 336 g/mol. The Hall–Kier alpha value is -2.84. The van der Waals surface area contributed by atoms with Crippen LogP contribution in [0.5, 0.6) is 0 Å². The Morgan fingerprint density at radius 3 is 2.74 bits per heavy atom. The quantitative estimate of drug-likeness (QED) is 0.694. The van der Waals surface area contributed by atoms with E-state index in [-0.39, 0.29) is 6.04 Å². The number of hydrogen-bond acceptors (Lipinski definition) is 4. The Bertz CT molecular complexity index is 1030. The monoisotopic (exact) mass is 360 g/mol. The Morgan fingerprint density at radius 2 is 2.07 bits per heavy atom. The molecule has 0 aliphatic heterocycles. The summed E-state index contributed by atoms with van der Waals surface area (Å²) in [6.45, 7) is 6.21. The van der Waals surface area contributed by atoms with Crippen molar-refractivity contribution < 1.29 is 5.11 Å². The highest BCUT2D eigenvalue weighted by molar-refractivity contribution is 5.69. The summed E-state index contributed by atoms with van der Waals surface area (Å²) in [7, 11) is 0. The van der Waals surface area contributed by atoms with E-state index in [9.17, 15) is 5.11 Å². The summed E-state index contributed by atoms with van der Waals surface area (Å²) in [5.74, 6) is 2.97. The van der Waals surface area contributed by atoms with Crippen molar-refractivity contribution in [2.24, 2.45) is 0 Å². The summed E-state index contributed by atoms with van der Waals surface area (Å²) < 4.78 is 1.86. The maximum Gasteiger partial charge on any atom is 0.0910 e. The molecule has 0 radical (unpaired) electrons. The van der Waals surface area contributed by atoms with Crippen molar-refractivity contribution in [2.75, 3.05) is 5.32 Å². The maximum absolute atomic E-state index is 10.0. The summed E-state index contributed by atoms with van der Waals surface area (Å²) in [6, 6.07) is 8.32. The van der Waals surface area contributed by atoms with Gasteiger partial charge in [0.2, 0.25) is 0 Å². The molecule has 1 saturated carbocycles. The molecule has 0 bridgehead atoms. The number of nitrogens with one attached hydrogen (secondary N) is 1. The summed E-state index contributed by atoms with van der Waals surface area (Å²) in [5.41, 5.74) is 5.18. The van der Waals surface area contributed by atoms with E-state index in [4.69, 9.17) is 6.42 Å². The van der Waals surface area contributed by atoms with Gasteiger partial charge in [-0.15, -0.1) is 6.42 Å². The molecule has 2 N–H and O–H groups in total. The first-order valence-corrected chi connectivity index (χ1v) is 9.30. The third-order valence-electron chi connectivity index (χ3n) is 5.22. The van der Waals surface area contributed by atoms with E-state index in [1.54, 1.807) is 6.20 Å². The van der Waals surface area contributed by atoms with Crippen molar-refractivity contribution in [3.8, 4) is 23.7 Å². The summed E-state index contributed by atoms with van der Waals surface area (Å²) in [5, 5.41) is 18.1. The summed E-state index contributed by atoms with van der Waals surface area (Å²) in [4.78, 5) is 4.68. The van der Waals surface area contributed by atoms with Crippen LogP contribution in [0.3, 0.4) is 0 Å². The predicted octanol–water partition coefficient (Wildman–Crippen LogP) is 3.83. The molecule has 0 atom stereocenters. The lowest BCUT2D eigenvalue weighted by Gasteiger charge is -2.42. The van der Waals surface area contributed by atoms with E-state index in [0.29, 0.717) is 5.92 Å². The molecule has 5 heteroatoms. The van der Waals surface area contributed by atoms with E-state index in [1.165, 1.54) is 5.56 Å². The van der Waals surface area contributed by atoms with Gasteiger partial charge < -0.3 is 10.4 Å². The van der Waals surface area contributed by atoms with E-state index in [1.807, 2.05) is 35.8 Å². The van der Waals surface area contributed by atoms with Gasteiger partial charge in [-0.05, 0) is 55.5 Å². The fourth-order valence-corrected chi connectivity index (χ4v) is 3.79. The Kier molecular flexibility index (Phi) is 4.16. The van der Waals surface area contributed by atoms with Crippen molar-refractivity contribution in [1.29, 1.82) is 0 Å². The number of aromatic nitrogens is 3. The zero-order valence-corrected chi connectivity index (χ0v) is 15.9.